The minimum Gasteiger partial charge on any atom is -0.494 e. The average Bonchev–Trinajstić information content (AvgIpc) is 3.30. The number of nitrogens with one attached hydrogen (secondary N) is 1. The van der Waals surface area contributed by atoms with Gasteiger partial charge in [-0.05, 0) is 50.5 Å². The number of halogens is 2. The van der Waals surface area contributed by atoms with E-state index in [9.17, 15) is 9.59 Å². The maximum Gasteiger partial charge on any atom is 0.242 e. The molecule has 1 aliphatic rings. The molecule has 0 aromatic heterocycles. The Morgan fingerprint density at radius 3 is 2.38 bits per heavy atom. The number of carbonyl (C=O) groups excluding carboxylic acids is 2. The van der Waals surface area contributed by atoms with E-state index in [1.165, 1.54) is 0 Å². The Kier molecular flexibility index (Phi) is 9.24. The molecule has 32 heavy (non-hydrogen) atoms. The van der Waals surface area contributed by atoms with Crippen molar-refractivity contribution in [1.29, 1.82) is 0 Å². The fourth-order valence-corrected chi connectivity index (χ4v) is 4.42. The van der Waals surface area contributed by atoms with Crippen molar-refractivity contribution in [2.24, 2.45) is 0 Å². The van der Waals surface area contributed by atoms with Crippen molar-refractivity contribution >= 4 is 35.0 Å². The van der Waals surface area contributed by atoms with E-state index >= 15 is 0 Å². The summed E-state index contributed by atoms with van der Waals surface area (Å²) in [6, 6.07) is 14.3. The zero-order valence-electron chi connectivity index (χ0n) is 18.4. The molecule has 5 nitrogen and oxygen atoms in total. The standard InChI is InChI=1S/C25H30Cl2N2O3/c1-18(25(31)28-19-9-5-6-10-19)29(17-21-22(26)13-7-14-23(21)27)24(30)15-8-16-32-20-11-3-2-4-12-20/h2-4,7,11-14,18-19H,5-6,8-10,15-17H2,1H3,(H,28,31)/t18-/m0/s1. The Morgan fingerprint density at radius 2 is 1.72 bits per heavy atom. The zero-order chi connectivity index (χ0) is 22.9. The molecule has 2 aromatic rings. The molecule has 0 saturated heterocycles. The monoisotopic (exact) mass is 476 g/mol. The van der Waals surface area contributed by atoms with Gasteiger partial charge in [0.05, 0.1) is 6.61 Å². The Hall–Kier alpha value is -2.24. The number of para-hydroxylation sites is 1. The first kappa shape index (κ1) is 24.4. The van der Waals surface area contributed by atoms with Crippen molar-refractivity contribution in [2.45, 2.75) is 64.1 Å². The van der Waals surface area contributed by atoms with Gasteiger partial charge in [-0.2, -0.15) is 0 Å². The summed E-state index contributed by atoms with van der Waals surface area (Å²) in [5, 5.41) is 4.05. The van der Waals surface area contributed by atoms with Crippen LogP contribution in [0.5, 0.6) is 5.75 Å². The average molecular weight is 477 g/mol. The number of hydrogen-bond acceptors (Lipinski definition) is 3. The highest BCUT2D eigenvalue weighted by Gasteiger charge is 2.29. The summed E-state index contributed by atoms with van der Waals surface area (Å²) in [7, 11) is 0. The largest absolute Gasteiger partial charge is 0.494 e. The van der Waals surface area contributed by atoms with Crippen LogP contribution in [0.15, 0.2) is 48.5 Å². The van der Waals surface area contributed by atoms with Crippen molar-refractivity contribution in [3.63, 3.8) is 0 Å². The zero-order valence-corrected chi connectivity index (χ0v) is 19.9. The van der Waals surface area contributed by atoms with Gasteiger partial charge in [0.25, 0.3) is 0 Å². The fraction of sp³-hybridized carbons (Fsp3) is 0.440. The van der Waals surface area contributed by atoms with Crippen LogP contribution in [-0.4, -0.2) is 35.4 Å². The predicted molar refractivity (Wildman–Crippen MR) is 128 cm³/mol. The summed E-state index contributed by atoms with van der Waals surface area (Å²) in [5.74, 6) is 0.490. The molecule has 0 unspecified atom stereocenters. The van der Waals surface area contributed by atoms with E-state index in [0.29, 0.717) is 28.6 Å². The minimum absolute atomic E-state index is 0.133. The van der Waals surface area contributed by atoms with E-state index in [4.69, 9.17) is 27.9 Å². The smallest absolute Gasteiger partial charge is 0.242 e. The van der Waals surface area contributed by atoms with Gasteiger partial charge < -0.3 is 15.0 Å². The molecule has 2 amide bonds. The lowest BCUT2D eigenvalue weighted by molar-refractivity contribution is -0.141. The fourth-order valence-electron chi connectivity index (χ4n) is 3.90. The molecule has 0 spiro atoms. The minimum atomic E-state index is -0.634. The number of amides is 2. The Morgan fingerprint density at radius 1 is 1.06 bits per heavy atom. The Balaban J connectivity index is 1.65. The molecule has 2 aromatic carbocycles. The molecule has 1 fully saturated rings. The van der Waals surface area contributed by atoms with E-state index in [1.807, 2.05) is 30.3 Å². The third kappa shape index (κ3) is 6.88. The normalized spacial score (nSPS) is 14.7. The van der Waals surface area contributed by atoms with Crippen LogP contribution in [0.4, 0.5) is 0 Å². The summed E-state index contributed by atoms with van der Waals surface area (Å²) in [6.07, 6.45) is 5.02. The van der Waals surface area contributed by atoms with Crippen LogP contribution in [0.25, 0.3) is 0 Å². The number of nitrogens with zero attached hydrogens (tertiary/aromatic N) is 1. The van der Waals surface area contributed by atoms with Crippen LogP contribution in [0.2, 0.25) is 10.0 Å². The topological polar surface area (TPSA) is 58.6 Å². The summed E-state index contributed by atoms with van der Waals surface area (Å²) >= 11 is 12.7. The molecule has 7 heteroatoms. The van der Waals surface area contributed by atoms with E-state index in [1.54, 1.807) is 30.0 Å². The Bertz CT molecular complexity index is 881. The molecule has 1 saturated carbocycles. The molecule has 0 aliphatic heterocycles. The first-order valence-corrected chi connectivity index (χ1v) is 11.9. The molecule has 1 N–H and O–H groups in total. The van der Waals surface area contributed by atoms with Gasteiger partial charge in [-0.25, -0.2) is 0 Å². The molecular weight excluding hydrogens is 447 g/mol. The quantitative estimate of drug-likeness (QED) is 0.452. The van der Waals surface area contributed by atoms with Gasteiger partial charge in [-0.1, -0.05) is 60.3 Å². The first-order valence-electron chi connectivity index (χ1n) is 11.2. The van der Waals surface area contributed by atoms with Crippen molar-refractivity contribution in [1.82, 2.24) is 10.2 Å². The van der Waals surface area contributed by atoms with Gasteiger partial charge in [-0.15, -0.1) is 0 Å². The third-order valence-electron chi connectivity index (χ3n) is 5.81. The van der Waals surface area contributed by atoms with E-state index in [2.05, 4.69) is 5.32 Å². The molecule has 0 radical (unpaired) electrons. The van der Waals surface area contributed by atoms with Crippen molar-refractivity contribution in [3.05, 3.63) is 64.1 Å². The van der Waals surface area contributed by atoms with Gasteiger partial charge >= 0.3 is 0 Å². The van der Waals surface area contributed by atoms with Crippen molar-refractivity contribution < 1.29 is 14.3 Å². The highest BCUT2D eigenvalue weighted by Crippen LogP contribution is 2.27. The number of hydrogen-bond donors (Lipinski definition) is 1. The number of rotatable bonds is 10. The van der Waals surface area contributed by atoms with E-state index in [0.717, 1.165) is 31.4 Å². The Labute approximate surface area is 200 Å². The number of ether oxygens (including phenoxy) is 1. The molecular formula is C25H30Cl2N2O3. The van der Waals surface area contributed by atoms with Crippen LogP contribution in [0, 0.1) is 0 Å². The lowest BCUT2D eigenvalue weighted by atomic mass is 10.1. The SMILES string of the molecule is C[C@@H](C(=O)NC1CCCC1)N(Cc1c(Cl)cccc1Cl)C(=O)CCCOc1ccccc1. The van der Waals surface area contributed by atoms with Crippen molar-refractivity contribution in [3.8, 4) is 5.75 Å². The number of carbonyl (C=O) groups is 2. The molecule has 172 valence electrons. The van der Waals surface area contributed by atoms with Gasteiger partial charge in [-0.3, -0.25) is 9.59 Å². The molecule has 3 rings (SSSR count). The van der Waals surface area contributed by atoms with Crippen LogP contribution in [0.1, 0.15) is 51.0 Å². The molecule has 0 heterocycles. The third-order valence-corrected chi connectivity index (χ3v) is 6.51. The predicted octanol–water partition coefficient (Wildman–Crippen LogP) is 5.63. The second kappa shape index (κ2) is 12.1. The second-order valence-electron chi connectivity index (χ2n) is 8.15. The second-order valence-corrected chi connectivity index (χ2v) is 8.97. The molecule has 1 atom stereocenters. The van der Waals surface area contributed by atoms with Crippen molar-refractivity contribution in [2.75, 3.05) is 6.61 Å². The van der Waals surface area contributed by atoms with Gasteiger partial charge in [0.2, 0.25) is 11.8 Å². The lowest BCUT2D eigenvalue weighted by Gasteiger charge is -2.30. The van der Waals surface area contributed by atoms with E-state index in [-0.39, 0.29) is 30.8 Å². The van der Waals surface area contributed by atoms with Gasteiger partial charge in [0.1, 0.15) is 11.8 Å². The number of benzene rings is 2. The highest BCUT2D eigenvalue weighted by molar-refractivity contribution is 6.36. The summed E-state index contributed by atoms with van der Waals surface area (Å²) in [6.45, 7) is 2.35. The summed E-state index contributed by atoms with van der Waals surface area (Å²) in [5.41, 5.74) is 0.644. The molecule has 1 aliphatic carbocycles. The van der Waals surface area contributed by atoms with Gasteiger partial charge in [0, 0.05) is 34.6 Å². The van der Waals surface area contributed by atoms with E-state index < -0.39 is 6.04 Å². The van der Waals surface area contributed by atoms with Crippen LogP contribution in [0.3, 0.4) is 0 Å². The maximum atomic E-state index is 13.2. The van der Waals surface area contributed by atoms with Crippen LogP contribution in [-0.2, 0) is 16.1 Å². The van der Waals surface area contributed by atoms with Crippen LogP contribution < -0.4 is 10.1 Å². The maximum absolute atomic E-state index is 13.2. The molecule has 0 bridgehead atoms. The first-order chi connectivity index (χ1) is 15.5. The summed E-state index contributed by atoms with van der Waals surface area (Å²) < 4.78 is 5.70. The lowest BCUT2D eigenvalue weighted by Crippen LogP contribution is -2.49. The van der Waals surface area contributed by atoms with Crippen LogP contribution >= 0.6 is 23.2 Å². The van der Waals surface area contributed by atoms with Gasteiger partial charge in [0.15, 0.2) is 0 Å². The highest BCUT2D eigenvalue weighted by atomic mass is 35.5. The summed E-state index contributed by atoms with van der Waals surface area (Å²) in [4.78, 5) is 27.7.